The first-order chi connectivity index (χ1) is 8.00. The third-order valence-corrected chi connectivity index (χ3v) is 3.17. The summed E-state index contributed by atoms with van der Waals surface area (Å²) in [6.07, 6.45) is 0.320. The number of amides is 1. The first-order valence-electron chi connectivity index (χ1n) is 5.24. The van der Waals surface area contributed by atoms with Crippen molar-refractivity contribution in [2.45, 2.75) is 13.3 Å². The lowest BCUT2D eigenvalue weighted by molar-refractivity contribution is -0.118. The van der Waals surface area contributed by atoms with E-state index < -0.39 is 0 Å². The molecule has 0 N–H and O–H groups in total. The van der Waals surface area contributed by atoms with Crippen LogP contribution in [-0.4, -0.2) is 25.3 Å². The minimum Gasteiger partial charge on any atom is -0.490 e. The SMILES string of the molecule is CC(=O)c1cc(Br)cc2c1OCCC(=O)N2C. The number of carbonyl (C=O) groups is 2. The van der Waals surface area contributed by atoms with Crippen molar-refractivity contribution in [3.63, 3.8) is 0 Å². The van der Waals surface area contributed by atoms with E-state index in [9.17, 15) is 9.59 Å². The molecule has 1 aromatic rings. The highest BCUT2D eigenvalue weighted by molar-refractivity contribution is 9.10. The number of hydrogen-bond acceptors (Lipinski definition) is 3. The van der Waals surface area contributed by atoms with E-state index in [1.165, 1.54) is 11.8 Å². The second-order valence-electron chi connectivity index (χ2n) is 3.91. The van der Waals surface area contributed by atoms with Gasteiger partial charge in [0.15, 0.2) is 11.5 Å². The summed E-state index contributed by atoms with van der Waals surface area (Å²) in [6, 6.07) is 3.50. The molecule has 0 spiro atoms. The van der Waals surface area contributed by atoms with E-state index in [0.717, 1.165) is 4.47 Å². The lowest BCUT2D eigenvalue weighted by Gasteiger charge is -2.18. The quantitative estimate of drug-likeness (QED) is 0.748. The molecule has 0 atom stereocenters. The van der Waals surface area contributed by atoms with Crippen LogP contribution in [0.4, 0.5) is 5.69 Å². The summed E-state index contributed by atoms with van der Waals surface area (Å²) in [5.41, 5.74) is 1.13. The molecule has 0 aliphatic carbocycles. The van der Waals surface area contributed by atoms with Gasteiger partial charge in [-0.15, -0.1) is 0 Å². The Bertz CT molecular complexity index is 499. The molecule has 0 bridgehead atoms. The van der Waals surface area contributed by atoms with Crippen LogP contribution in [0.2, 0.25) is 0 Å². The van der Waals surface area contributed by atoms with Crippen molar-refractivity contribution in [1.29, 1.82) is 0 Å². The number of benzene rings is 1. The van der Waals surface area contributed by atoms with Crippen LogP contribution in [0.3, 0.4) is 0 Å². The van der Waals surface area contributed by atoms with Gasteiger partial charge in [0.2, 0.25) is 5.91 Å². The summed E-state index contributed by atoms with van der Waals surface area (Å²) >= 11 is 3.34. The largest absolute Gasteiger partial charge is 0.490 e. The summed E-state index contributed by atoms with van der Waals surface area (Å²) in [7, 11) is 1.69. The van der Waals surface area contributed by atoms with Crippen molar-refractivity contribution in [1.82, 2.24) is 0 Å². The highest BCUT2D eigenvalue weighted by Gasteiger charge is 2.24. The van der Waals surface area contributed by atoms with E-state index in [-0.39, 0.29) is 11.7 Å². The van der Waals surface area contributed by atoms with Gasteiger partial charge in [0.1, 0.15) is 0 Å². The van der Waals surface area contributed by atoms with Crippen molar-refractivity contribution in [3.8, 4) is 5.75 Å². The van der Waals surface area contributed by atoms with Gasteiger partial charge in [-0.3, -0.25) is 9.59 Å². The predicted molar refractivity (Wildman–Crippen MR) is 67.7 cm³/mol. The lowest BCUT2D eigenvalue weighted by Crippen LogP contribution is -2.25. The Balaban J connectivity index is 2.65. The molecule has 1 amide bonds. The lowest BCUT2D eigenvalue weighted by atomic mass is 10.1. The van der Waals surface area contributed by atoms with E-state index in [2.05, 4.69) is 15.9 Å². The Morgan fingerprint density at radius 3 is 2.82 bits per heavy atom. The highest BCUT2D eigenvalue weighted by atomic mass is 79.9. The van der Waals surface area contributed by atoms with Gasteiger partial charge in [0.25, 0.3) is 0 Å². The molecule has 0 unspecified atom stereocenters. The Hall–Kier alpha value is -1.36. The van der Waals surface area contributed by atoms with E-state index >= 15 is 0 Å². The number of halogens is 1. The molecule has 0 saturated carbocycles. The van der Waals surface area contributed by atoms with Crippen LogP contribution in [0.15, 0.2) is 16.6 Å². The zero-order valence-corrected chi connectivity index (χ0v) is 11.2. The molecule has 0 aromatic heterocycles. The van der Waals surface area contributed by atoms with Gasteiger partial charge in [-0.2, -0.15) is 0 Å². The minimum absolute atomic E-state index is 0.0173. The van der Waals surface area contributed by atoms with Crippen LogP contribution >= 0.6 is 15.9 Å². The van der Waals surface area contributed by atoms with Gasteiger partial charge in [-0.1, -0.05) is 15.9 Å². The van der Waals surface area contributed by atoms with Crippen LogP contribution in [0, 0.1) is 0 Å². The molecule has 5 heteroatoms. The van der Waals surface area contributed by atoms with Gasteiger partial charge in [0.05, 0.1) is 24.3 Å². The van der Waals surface area contributed by atoms with E-state index in [1.807, 2.05) is 0 Å². The first-order valence-corrected chi connectivity index (χ1v) is 6.04. The first kappa shape index (κ1) is 12.1. The molecule has 1 aromatic carbocycles. The van der Waals surface area contributed by atoms with Crippen LogP contribution in [-0.2, 0) is 4.79 Å². The van der Waals surface area contributed by atoms with Crippen molar-refractivity contribution in [2.75, 3.05) is 18.6 Å². The van der Waals surface area contributed by atoms with E-state index in [1.54, 1.807) is 19.2 Å². The molecule has 0 fully saturated rings. The fourth-order valence-corrected chi connectivity index (χ4v) is 2.23. The Kier molecular flexibility index (Phi) is 3.19. The van der Waals surface area contributed by atoms with Gasteiger partial charge in [-0.05, 0) is 19.1 Å². The fourth-order valence-electron chi connectivity index (χ4n) is 1.78. The van der Waals surface area contributed by atoms with Crippen molar-refractivity contribution in [2.24, 2.45) is 0 Å². The number of hydrogen-bond donors (Lipinski definition) is 0. The van der Waals surface area contributed by atoms with Gasteiger partial charge < -0.3 is 9.64 Å². The van der Waals surface area contributed by atoms with Crippen LogP contribution in [0.5, 0.6) is 5.75 Å². The maximum absolute atomic E-state index is 11.7. The molecule has 0 saturated heterocycles. The summed E-state index contributed by atoms with van der Waals surface area (Å²) in [5.74, 6) is 0.399. The Labute approximate surface area is 108 Å². The molecule has 4 nitrogen and oxygen atoms in total. The van der Waals surface area contributed by atoms with Crippen molar-refractivity contribution in [3.05, 3.63) is 22.2 Å². The maximum Gasteiger partial charge on any atom is 0.230 e. The fraction of sp³-hybridized carbons (Fsp3) is 0.333. The van der Waals surface area contributed by atoms with Crippen molar-refractivity contribution < 1.29 is 14.3 Å². The second-order valence-corrected chi connectivity index (χ2v) is 4.82. The number of ketones is 1. The minimum atomic E-state index is -0.0784. The number of carbonyl (C=O) groups excluding carboxylic acids is 2. The molecular formula is C12H12BrNO3. The molecule has 2 rings (SSSR count). The molecule has 1 heterocycles. The maximum atomic E-state index is 11.7. The van der Waals surface area contributed by atoms with Gasteiger partial charge in [0, 0.05) is 11.5 Å². The number of fused-ring (bicyclic) bond motifs is 1. The third kappa shape index (κ3) is 2.20. The Morgan fingerprint density at radius 2 is 2.18 bits per heavy atom. The zero-order valence-electron chi connectivity index (χ0n) is 9.62. The number of anilines is 1. The number of rotatable bonds is 1. The number of ether oxygens (including phenoxy) is 1. The normalized spacial score (nSPS) is 15.0. The molecule has 1 aliphatic rings. The van der Waals surface area contributed by atoms with Crippen LogP contribution in [0.25, 0.3) is 0 Å². The predicted octanol–water partition coefficient (Wildman–Crippen LogP) is 2.40. The number of Topliss-reactive ketones (excluding diaryl/α,β-unsaturated/α-hetero) is 1. The standard InChI is InChI=1S/C12H12BrNO3/c1-7(15)9-5-8(13)6-10-12(9)17-4-3-11(16)14(10)2/h5-6H,3-4H2,1-2H3. The summed E-state index contributed by atoms with van der Waals surface area (Å²) in [4.78, 5) is 24.8. The van der Waals surface area contributed by atoms with Gasteiger partial charge >= 0.3 is 0 Å². The van der Waals surface area contributed by atoms with Crippen molar-refractivity contribution >= 4 is 33.3 Å². The van der Waals surface area contributed by atoms with Gasteiger partial charge in [-0.25, -0.2) is 0 Å². The third-order valence-electron chi connectivity index (χ3n) is 2.71. The summed E-state index contributed by atoms with van der Waals surface area (Å²) < 4.78 is 6.29. The average Bonchev–Trinajstić information content (AvgIpc) is 2.40. The van der Waals surface area contributed by atoms with Crippen LogP contribution < -0.4 is 9.64 Å². The highest BCUT2D eigenvalue weighted by Crippen LogP contribution is 2.37. The topological polar surface area (TPSA) is 46.6 Å². The Morgan fingerprint density at radius 1 is 1.47 bits per heavy atom. The molecular weight excluding hydrogens is 286 g/mol. The summed E-state index contributed by atoms with van der Waals surface area (Å²) in [5, 5.41) is 0. The monoisotopic (exact) mass is 297 g/mol. The smallest absolute Gasteiger partial charge is 0.230 e. The second kappa shape index (κ2) is 4.49. The van der Waals surface area contributed by atoms with E-state index in [4.69, 9.17) is 4.74 Å². The molecule has 1 aliphatic heterocycles. The number of nitrogens with zero attached hydrogens (tertiary/aromatic N) is 1. The molecule has 90 valence electrons. The average molecular weight is 298 g/mol. The summed E-state index contributed by atoms with van der Waals surface area (Å²) in [6.45, 7) is 1.79. The molecule has 17 heavy (non-hydrogen) atoms. The van der Waals surface area contributed by atoms with Crippen LogP contribution in [0.1, 0.15) is 23.7 Å². The molecule has 0 radical (unpaired) electrons. The van der Waals surface area contributed by atoms with E-state index in [0.29, 0.717) is 30.0 Å². The zero-order chi connectivity index (χ0) is 12.6.